The van der Waals surface area contributed by atoms with E-state index in [1.807, 2.05) is 0 Å². The van der Waals surface area contributed by atoms with Crippen LogP contribution >= 0.6 is 0 Å². The molecule has 0 saturated heterocycles. The molecule has 0 atom stereocenters. The van der Waals surface area contributed by atoms with Gasteiger partial charge in [0.15, 0.2) is 0 Å². The summed E-state index contributed by atoms with van der Waals surface area (Å²) in [4.78, 5) is 0. The molecular formula is H7BiCuOPbSr. The molecule has 0 saturated carbocycles. The van der Waals surface area contributed by atoms with E-state index in [-0.39, 0.29) is 99.0 Å². The molecule has 0 N–H and O–H groups in total. The van der Waals surface area contributed by atoms with Gasteiger partial charge in [-0.2, -0.15) is 0 Å². The summed E-state index contributed by atoms with van der Waals surface area (Å²) in [5.74, 6) is 0. The molecule has 0 aromatic carbocycles. The normalized spacial score (nSPS) is 1.20. The molecule has 5 heavy (non-hydrogen) atoms. The van der Waals surface area contributed by atoms with Crippen molar-refractivity contribution in [1.82, 2.24) is 0 Å². The van der Waals surface area contributed by atoms with Gasteiger partial charge in [0.05, 0.1) is 0 Å². The first kappa shape index (κ1) is 23.5. The van der Waals surface area contributed by atoms with E-state index in [1.54, 1.807) is 0 Å². The molecule has 0 rings (SSSR count). The Morgan fingerprint density at radius 1 is 1.20 bits per heavy atom. The maximum atomic E-state index is 7.81. The summed E-state index contributed by atoms with van der Waals surface area (Å²) in [6.45, 7) is 0. The van der Waals surface area contributed by atoms with E-state index >= 15 is 0 Å². The molecule has 0 aliphatic carbocycles. The monoisotopic (exact) mass is 591 g/mol. The van der Waals surface area contributed by atoms with E-state index in [0.29, 0.717) is 0 Å². The van der Waals surface area contributed by atoms with Gasteiger partial charge in [-0.25, -0.2) is 0 Å². The van der Waals surface area contributed by atoms with Gasteiger partial charge >= 0.3 is 119 Å². The zero-order valence-electron chi connectivity index (χ0n) is 2.12. The molecule has 0 amide bonds. The van der Waals surface area contributed by atoms with E-state index in [0.717, 1.165) is 0 Å². The van der Waals surface area contributed by atoms with Crippen molar-refractivity contribution in [3.05, 3.63) is 0 Å². The molecule has 0 unspecified atom stereocenters. The summed E-state index contributed by atoms with van der Waals surface area (Å²) in [6, 6.07) is 0. The third-order valence-electron chi connectivity index (χ3n) is 0. The van der Waals surface area contributed by atoms with Crippen LogP contribution in [0.15, 0.2) is 0 Å². The Balaban J connectivity index is -0.00000000167. The Morgan fingerprint density at radius 2 is 1.20 bits per heavy atom. The van der Waals surface area contributed by atoms with Crippen molar-refractivity contribution in [3.8, 4) is 0 Å². The van der Waals surface area contributed by atoms with E-state index in [4.69, 9.17) is 3.83 Å². The molecule has 0 aliphatic heterocycles. The van der Waals surface area contributed by atoms with Crippen LogP contribution in [-0.2, 0) is 19.8 Å². The maximum absolute atomic E-state index is 7.81. The Bertz CT molecular complexity index is 11.6. The Morgan fingerprint density at radius 3 is 1.20 bits per heavy atom. The average Bonchev–Trinajstić information content (AvgIpc) is 1.00. The van der Waals surface area contributed by atoms with Crippen LogP contribution in [0.3, 0.4) is 0 Å². The standard InChI is InChI=1S/Bi.Cu.O.Pb.Sr.7H. The molecule has 0 aliphatic rings. The predicted octanol–water partition coefficient (Wildman–Crippen LogP) is -3.14. The van der Waals surface area contributed by atoms with E-state index < -0.39 is 0 Å². The first-order valence-electron chi connectivity index (χ1n) is 0.123. The third-order valence-corrected chi connectivity index (χ3v) is 0. The van der Waals surface area contributed by atoms with E-state index in [2.05, 4.69) is 15.9 Å². The van der Waals surface area contributed by atoms with Gasteiger partial charge in [0.1, 0.15) is 0 Å². The van der Waals surface area contributed by atoms with Crippen LogP contribution in [0.2, 0.25) is 0 Å². The van der Waals surface area contributed by atoms with Crippen LogP contribution in [-0.4, -0.2) is 99.0 Å². The fourth-order valence-electron chi connectivity index (χ4n) is 0. The quantitative estimate of drug-likeness (QED) is 0.273. The zero-order valence-corrected chi connectivity index (χ0v) is 14.1. The summed E-state index contributed by atoms with van der Waals surface area (Å²) in [5, 5.41) is 0. The zero-order chi connectivity index (χ0) is 2.00. The Hall–Kier alpha value is 3.61. The minimum atomic E-state index is 0. The summed E-state index contributed by atoms with van der Waals surface area (Å²) >= 11 is 2.94. The first-order valence-corrected chi connectivity index (χ1v) is 0.508. The predicted molar refractivity (Wildman–Crippen MR) is 27.7 cm³/mol. The molecule has 0 spiro atoms. The van der Waals surface area contributed by atoms with Gasteiger partial charge < -0.3 is 0 Å². The molecule has 0 fully saturated rings. The van der Waals surface area contributed by atoms with Crippen LogP contribution in [0.4, 0.5) is 0 Å². The van der Waals surface area contributed by atoms with Gasteiger partial charge in [0.25, 0.3) is 0 Å². The summed E-state index contributed by atoms with van der Waals surface area (Å²) in [6.07, 6.45) is 0. The van der Waals surface area contributed by atoms with E-state index in [9.17, 15) is 0 Å². The fourth-order valence-corrected chi connectivity index (χ4v) is 0. The Kier molecular flexibility index (Phi) is 120. The van der Waals surface area contributed by atoms with Crippen molar-refractivity contribution in [3.63, 3.8) is 0 Å². The van der Waals surface area contributed by atoms with Crippen molar-refractivity contribution in [1.29, 1.82) is 0 Å². The average molecular weight is 590 g/mol. The third kappa shape index (κ3) is 18.4. The molecule has 2 radical (unpaired) electrons. The van der Waals surface area contributed by atoms with Crippen molar-refractivity contribution in [2.24, 2.45) is 0 Å². The topological polar surface area (TPSA) is 17.1 Å². The molecular weight excluding hydrogens is 583 g/mol. The van der Waals surface area contributed by atoms with Crippen molar-refractivity contribution >= 4 is 99.0 Å². The Labute approximate surface area is 116 Å². The van der Waals surface area contributed by atoms with Gasteiger partial charge in [-0.1, -0.05) is 0 Å². The van der Waals surface area contributed by atoms with Gasteiger partial charge in [0.2, 0.25) is 0 Å². The van der Waals surface area contributed by atoms with E-state index in [1.165, 1.54) is 0 Å². The van der Waals surface area contributed by atoms with Gasteiger partial charge in [0, 0.05) is 0 Å². The van der Waals surface area contributed by atoms with Crippen LogP contribution in [0, 0.1) is 0 Å². The van der Waals surface area contributed by atoms with Gasteiger partial charge in [-0.15, -0.1) is 0 Å². The van der Waals surface area contributed by atoms with Crippen LogP contribution in [0.5, 0.6) is 0 Å². The summed E-state index contributed by atoms with van der Waals surface area (Å²) in [7, 11) is 0. The van der Waals surface area contributed by atoms with Crippen molar-refractivity contribution in [2.45, 2.75) is 0 Å². The second-order valence-corrected chi connectivity index (χ2v) is 0. The molecule has 0 heterocycles. The van der Waals surface area contributed by atoms with Crippen LogP contribution in [0.25, 0.3) is 0 Å². The number of rotatable bonds is 0. The summed E-state index contributed by atoms with van der Waals surface area (Å²) in [5.41, 5.74) is 0. The second-order valence-electron chi connectivity index (χ2n) is 0. The molecule has 0 aromatic rings. The number of hydrogen-bond donors (Lipinski definition) is 0. The molecule has 35 valence electrons. The molecule has 5 heteroatoms. The fraction of sp³-hybridized carbons (Fsp3) is 0. The van der Waals surface area contributed by atoms with Crippen molar-refractivity contribution < 1.29 is 19.8 Å². The second kappa shape index (κ2) is 25.5. The van der Waals surface area contributed by atoms with Gasteiger partial charge in [-0.3, -0.25) is 0 Å². The first-order chi connectivity index (χ1) is 1.00. The van der Waals surface area contributed by atoms with Crippen molar-refractivity contribution in [2.75, 3.05) is 0 Å². The number of hydrogen-bond acceptors (Lipinski definition) is 1. The minimum absolute atomic E-state index is 0. The van der Waals surface area contributed by atoms with Crippen LogP contribution in [0.1, 0.15) is 0 Å². The molecule has 0 aromatic heterocycles. The van der Waals surface area contributed by atoms with Gasteiger partial charge in [-0.05, 0) is 0 Å². The summed E-state index contributed by atoms with van der Waals surface area (Å²) < 4.78 is 7.81. The van der Waals surface area contributed by atoms with Crippen LogP contribution < -0.4 is 0 Å². The molecule has 0 bridgehead atoms. The SMILES string of the molecule is [BiH3].[O]=[Cu].[PbH2].[SrH2]. The molecule has 1 nitrogen and oxygen atoms in total.